The number of carbonyl (C=O) groups excluding carboxylic acids is 1. The molecule has 1 aliphatic heterocycles. The van der Waals surface area contributed by atoms with E-state index in [2.05, 4.69) is 9.98 Å². The first-order valence-electron chi connectivity index (χ1n) is 6.28. The molecule has 2 aromatic rings. The zero-order chi connectivity index (χ0) is 14.7. The lowest BCUT2D eigenvalue weighted by molar-refractivity contribution is -0.133. The van der Waals surface area contributed by atoms with E-state index in [1.54, 1.807) is 23.9 Å². The van der Waals surface area contributed by atoms with Crippen LogP contribution in [0.3, 0.4) is 0 Å². The summed E-state index contributed by atoms with van der Waals surface area (Å²) in [5, 5.41) is 0. The zero-order valence-corrected chi connectivity index (χ0v) is 12.0. The van der Waals surface area contributed by atoms with Crippen LogP contribution in [0.1, 0.15) is 5.76 Å². The van der Waals surface area contributed by atoms with Crippen molar-refractivity contribution >= 4 is 35.5 Å². The quantitative estimate of drug-likeness (QED) is 0.494. The van der Waals surface area contributed by atoms with E-state index >= 15 is 0 Å². The van der Waals surface area contributed by atoms with Crippen molar-refractivity contribution in [1.82, 2.24) is 0 Å². The second-order valence-corrected chi connectivity index (χ2v) is 5.08. The Bertz CT molecular complexity index is 707. The number of hydrogen-bond acceptors (Lipinski definition) is 6. The van der Waals surface area contributed by atoms with Crippen LogP contribution < -0.4 is 0 Å². The predicted octanol–water partition coefficient (Wildman–Crippen LogP) is 3.08. The highest BCUT2D eigenvalue weighted by Gasteiger charge is 2.29. The fourth-order valence-electron chi connectivity index (χ4n) is 1.86. The molecule has 0 amide bonds. The molecular weight excluding hydrogens is 288 g/mol. The van der Waals surface area contributed by atoms with Gasteiger partial charge in [0.25, 0.3) is 5.90 Å². The van der Waals surface area contributed by atoms with E-state index < -0.39 is 12.0 Å². The number of esters is 1. The molecule has 0 aliphatic carbocycles. The highest BCUT2D eigenvalue weighted by molar-refractivity contribution is 7.98. The Balaban J connectivity index is 1.81. The van der Waals surface area contributed by atoms with Gasteiger partial charge in [-0.1, -0.05) is 12.1 Å². The molecule has 0 spiro atoms. The van der Waals surface area contributed by atoms with Crippen LogP contribution in [-0.4, -0.2) is 30.4 Å². The highest BCUT2D eigenvalue weighted by atomic mass is 32.2. The van der Waals surface area contributed by atoms with Gasteiger partial charge in [-0.25, -0.2) is 9.79 Å². The number of hydrogen-bond donors (Lipinski definition) is 0. The van der Waals surface area contributed by atoms with Crippen LogP contribution in [0.5, 0.6) is 0 Å². The number of aliphatic imine (C=N–C) groups is 2. The Labute approximate surface area is 125 Å². The molecule has 1 aliphatic rings. The average Bonchev–Trinajstić information content (AvgIpc) is 3.15. The molecule has 0 saturated heterocycles. The number of cyclic esters (lactones) is 1. The van der Waals surface area contributed by atoms with Gasteiger partial charge in [-0.15, -0.1) is 11.8 Å². The van der Waals surface area contributed by atoms with Crippen molar-refractivity contribution in [1.29, 1.82) is 0 Å². The van der Waals surface area contributed by atoms with E-state index in [-0.39, 0.29) is 5.90 Å². The third-order valence-corrected chi connectivity index (χ3v) is 3.65. The van der Waals surface area contributed by atoms with Crippen molar-refractivity contribution in [3.63, 3.8) is 0 Å². The van der Waals surface area contributed by atoms with Crippen LogP contribution in [0.15, 0.2) is 62.0 Å². The monoisotopic (exact) mass is 300 g/mol. The molecule has 0 saturated carbocycles. The fraction of sp³-hybridized carbons (Fsp3) is 0.133. The molecule has 21 heavy (non-hydrogen) atoms. The van der Waals surface area contributed by atoms with Gasteiger partial charge in [0.2, 0.25) is 0 Å². The van der Waals surface area contributed by atoms with Crippen molar-refractivity contribution in [2.75, 3.05) is 6.26 Å². The molecule has 1 atom stereocenters. The largest absolute Gasteiger partial charge is 0.459 e. The predicted molar refractivity (Wildman–Crippen MR) is 81.5 cm³/mol. The Morgan fingerprint density at radius 2 is 2.14 bits per heavy atom. The maximum atomic E-state index is 11.8. The van der Waals surface area contributed by atoms with Gasteiger partial charge < -0.3 is 9.15 Å². The molecule has 6 heteroatoms. The third-order valence-electron chi connectivity index (χ3n) is 2.87. The maximum absolute atomic E-state index is 11.8. The molecule has 0 fully saturated rings. The van der Waals surface area contributed by atoms with Crippen molar-refractivity contribution in [2.45, 2.75) is 10.9 Å². The normalized spacial score (nSPS) is 18.0. The van der Waals surface area contributed by atoms with E-state index in [9.17, 15) is 4.79 Å². The second kappa shape index (κ2) is 5.97. The van der Waals surface area contributed by atoms with Gasteiger partial charge in [0.15, 0.2) is 11.8 Å². The van der Waals surface area contributed by atoms with Crippen LogP contribution in [0.2, 0.25) is 0 Å². The standard InChI is InChI=1S/C15H12N2O3S/c1-21-13-7-3-2-5-10(13)16-9-11-15(18)20-14(17-11)12-6-4-8-19-12/h2-9,11H,1H3. The van der Waals surface area contributed by atoms with Gasteiger partial charge in [0.05, 0.1) is 12.0 Å². The lowest BCUT2D eigenvalue weighted by atomic mass is 10.3. The zero-order valence-electron chi connectivity index (χ0n) is 11.2. The number of thioether (sulfide) groups is 1. The number of rotatable bonds is 4. The number of ether oxygens (including phenoxy) is 1. The number of furan rings is 1. The smallest absolute Gasteiger partial charge is 0.343 e. The van der Waals surface area contributed by atoms with Crippen molar-refractivity contribution < 1.29 is 13.9 Å². The van der Waals surface area contributed by atoms with Crippen molar-refractivity contribution in [3.05, 3.63) is 48.4 Å². The molecular formula is C15H12N2O3S. The fourth-order valence-corrected chi connectivity index (χ4v) is 2.40. The molecule has 0 N–H and O–H groups in total. The summed E-state index contributed by atoms with van der Waals surface area (Å²) in [5.41, 5.74) is 0.805. The van der Waals surface area contributed by atoms with E-state index in [1.807, 2.05) is 30.5 Å². The van der Waals surface area contributed by atoms with Crippen LogP contribution in [-0.2, 0) is 9.53 Å². The Hall–Kier alpha value is -2.34. The van der Waals surface area contributed by atoms with E-state index in [0.717, 1.165) is 10.6 Å². The molecule has 0 bridgehead atoms. The van der Waals surface area contributed by atoms with Crippen molar-refractivity contribution in [2.24, 2.45) is 9.98 Å². The number of nitrogens with zero attached hydrogens (tertiary/aromatic N) is 2. The van der Waals surface area contributed by atoms with Crippen molar-refractivity contribution in [3.8, 4) is 0 Å². The minimum Gasteiger partial charge on any atom is -0.459 e. The lowest BCUT2D eigenvalue weighted by Gasteiger charge is -2.01. The number of para-hydroxylation sites is 1. The molecule has 2 heterocycles. The maximum Gasteiger partial charge on any atom is 0.343 e. The number of benzene rings is 1. The van der Waals surface area contributed by atoms with Gasteiger partial charge in [0, 0.05) is 11.1 Å². The summed E-state index contributed by atoms with van der Waals surface area (Å²) in [6.45, 7) is 0. The molecule has 1 aromatic carbocycles. The molecule has 3 rings (SSSR count). The summed E-state index contributed by atoms with van der Waals surface area (Å²) in [4.78, 5) is 21.3. The van der Waals surface area contributed by atoms with Gasteiger partial charge >= 0.3 is 5.97 Å². The van der Waals surface area contributed by atoms with Crippen LogP contribution in [0.4, 0.5) is 5.69 Å². The first kappa shape index (κ1) is 13.6. The van der Waals surface area contributed by atoms with E-state index in [4.69, 9.17) is 9.15 Å². The minimum atomic E-state index is -0.736. The Morgan fingerprint density at radius 3 is 2.90 bits per heavy atom. The molecule has 106 valence electrons. The van der Waals surface area contributed by atoms with Crippen LogP contribution in [0, 0.1) is 0 Å². The molecule has 1 aromatic heterocycles. The molecule has 5 nitrogen and oxygen atoms in total. The van der Waals surface area contributed by atoms with Gasteiger partial charge in [0.1, 0.15) is 0 Å². The molecule has 0 radical (unpaired) electrons. The molecule has 1 unspecified atom stereocenters. The first-order chi connectivity index (χ1) is 10.3. The van der Waals surface area contributed by atoms with E-state index in [1.165, 1.54) is 12.5 Å². The summed E-state index contributed by atoms with van der Waals surface area (Å²) < 4.78 is 10.2. The lowest BCUT2D eigenvalue weighted by Crippen LogP contribution is -2.16. The highest BCUT2D eigenvalue weighted by Crippen LogP contribution is 2.27. The number of carbonyl (C=O) groups is 1. The SMILES string of the molecule is CSc1ccccc1N=CC1N=C(c2ccco2)OC1=O. The second-order valence-electron chi connectivity index (χ2n) is 4.23. The topological polar surface area (TPSA) is 64.2 Å². The van der Waals surface area contributed by atoms with Gasteiger partial charge in [-0.2, -0.15) is 0 Å². The Morgan fingerprint density at radius 1 is 1.29 bits per heavy atom. The first-order valence-corrected chi connectivity index (χ1v) is 7.51. The third kappa shape index (κ3) is 2.90. The summed E-state index contributed by atoms with van der Waals surface area (Å²) >= 11 is 1.60. The summed E-state index contributed by atoms with van der Waals surface area (Å²) in [7, 11) is 0. The Kier molecular flexibility index (Phi) is 3.87. The van der Waals surface area contributed by atoms with Gasteiger partial charge in [-0.3, -0.25) is 4.99 Å². The summed E-state index contributed by atoms with van der Waals surface area (Å²) in [6.07, 6.45) is 4.97. The average molecular weight is 300 g/mol. The van der Waals surface area contributed by atoms with E-state index in [0.29, 0.717) is 5.76 Å². The van der Waals surface area contributed by atoms with Crippen LogP contribution >= 0.6 is 11.8 Å². The van der Waals surface area contributed by atoms with Gasteiger partial charge in [-0.05, 0) is 30.5 Å². The van der Waals surface area contributed by atoms with Crippen LogP contribution in [0.25, 0.3) is 0 Å². The summed E-state index contributed by atoms with van der Waals surface area (Å²) in [6, 6.07) is 10.4. The minimum absolute atomic E-state index is 0.194. The summed E-state index contributed by atoms with van der Waals surface area (Å²) in [5.74, 6) is 0.176.